The molecule has 1 rings (SSSR count). The highest BCUT2D eigenvalue weighted by molar-refractivity contribution is 5.65. The van der Waals surface area contributed by atoms with Crippen LogP contribution in [0.2, 0.25) is 0 Å². The molecule has 5 nitrogen and oxygen atoms in total. The van der Waals surface area contributed by atoms with Crippen LogP contribution in [0.1, 0.15) is 20.8 Å². The van der Waals surface area contributed by atoms with Crippen LogP contribution in [-0.2, 0) is 4.74 Å². The summed E-state index contributed by atoms with van der Waals surface area (Å²) >= 11 is 0. The van der Waals surface area contributed by atoms with Crippen LogP contribution >= 0.6 is 0 Å². The van der Waals surface area contributed by atoms with E-state index in [1.165, 1.54) is 4.90 Å². The maximum Gasteiger partial charge on any atom is 0.407 e. The molecule has 15 heavy (non-hydrogen) atoms. The minimum Gasteiger partial charge on any atom is -0.465 e. The van der Waals surface area contributed by atoms with Gasteiger partial charge in [0.15, 0.2) is 0 Å². The third kappa shape index (κ3) is 3.07. The predicted molar refractivity (Wildman–Crippen MR) is 54.8 cm³/mol. The van der Waals surface area contributed by atoms with Crippen molar-refractivity contribution >= 4 is 6.09 Å². The molecule has 2 N–H and O–H groups in total. The zero-order valence-electron chi connectivity index (χ0n) is 9.43. The van der Waals surface area contributed by atoms with E-state index in [4.69, 9.17) is 14.9 Å². The van der Waals surface area contributed by atoms with Crippen molar-refractivity contribution in [2.24, 2.45) is 5.41 Å². The minimum absolute atomic E-state index is 0.123. The van der Waals surface area contributed by atoms with E-state index >= 15 is 0 Å². The van der Waals surface area contributed by atoms with E-state index in [9.17, 15) is 4.79 Å². The van der Waals surface area contributed by atoms with Crippen LogP contribution in [0.3, 0.4) is 0 Å². The van der Waals surface area contributed by atoms with E-state index < -0.39 is 12.2 Å². The van der Waals surface area contributed by atoms with Gasteiger partial charge in [-0.3, -0.25) is 0 Å². The number of rotatable bonds is 1. The van der Waals surface area contributed by atoms with E-state index in [0.717, 1.165) is 0 Å². The molecule has 1 aliphatic rings. The third-order valence-electron chi connectivity index (χ3n) is 2.61. The molecule has 0 aliphatic carbocycles. The van der Waals surface area contributed by atoms with Crippen LogP contribution in [-0.4, -0.2) is 53.1 Å². The van der Waals surface area contributed by atoms with Crippen LogP contribution in [0.15, 0.2) is 0 Å². The van der Waals surface area contributed by atoms with Gasteiger partial charge in [-0.1, -0.05) is 20.8 Å². The number of ether oxygens (including phenoxy) is 1. The maximum atomic E-state index is 10.9. The molecular weight excluding hydrogens is 198 g/mol. The third-order valence-corrected chi connectivity index (χ3v) is 2.61. The van der Waals surface area contributed by atoms with Crippen LogP contribution in [0.25, 0.3) is 0 Å². The Bertz CT molecular complexity index is 236. The molecular formula is C10H19NO4. The number of carbonyl (C=O) groups is 1. The summed E-state index contributed by atoms with van der Waals surface area (Å²) in [7, 11) is 0. The lowest BCUT2D eigenvalue weighted by molar-refractivity contribution is -0.132. The molecule has 0 unspecified atom stereocenters. The second-order valence-corrected chi connectivity index (χ2v) is 4.98. The number of amides is 1. The molecule has 0 saturated carbocycles. The fourth-order valence-electron chi connectivity index (χ4n) is 1.57. The second-order valence-electron chi connectivity index (χ2n) is 4.98. The summed E-state index contributed by atoms with van der Waals surface area (Å²) in [4.78, 5) is 12.2. The van der Waals surface area contributed by atoms with E-state index in [1.54, 1.807) is 0 Å². The minimum atomic E-state index is -0.953. The Hall–Kier alpha value is -0.810. The van der Waals surface area contributed by atoms with Gasteiger partial charge in [0.25, 0.3) is 0 Å². The van der Waals surface area contributed by atoms with Gasteiger partial charge in [0.05, 0.1) is 31.9 Å². The number of hydrogen-bond acceptors (Lipinski definition) is 3. The van der Waals surface area contributed by atoms with Crippen molar-refractivity contribution in [2.45, 2.75) is 33.0 Å². The maximum absolute atomic E-state index is 10.9. The number of aliphatic hydroxyl groups is 1. The van der Waals surface area contributed by atoms with Crippen molar-refractivity contribution in [3.05, 3.63) is 0 Å². The Morgan fingerprint density at radius 1 is 1.47 bits per heavy atom. The van der Waals surface area contributed by atoms with Crippen molar-refractivity contribution in [1.82, 2.24) is 4.90 Å². The van der Waals surface area contributed by atoms with Crippen molar-refractivity contribution in [2.75, 3.05) is 19.7 Å². The van der Waals surface area contributed by atoms with Gasteiger partial charge in [-0.15, -0.1) is 0 Å². The zero-order chi connectivity index (χ0) is 11.6. The Kier molecular flexibility index (Phi) is 3.57. The van der Waals surface area contributed by atoms with E-state index in [-0.39, 0.29) is 24.7 Å². The fourth-order valence-corrected chi connectivity index (χ4v) is 1.57. The molecule has 1 amide bonds. The summed E-state index contributed by atoms with van der Waals surface area (Å²) in [5.41, 5.74) is -0.123. The average Bonchev–Trinajstić information content (AvgIpc) is 2.15. The quantitative estimate of drug-likeness (QED) is 0.680. The highest BCUT2D eigenvalue weighted by atomic mass is 16.5. The first-order chi connectivity index (χ1) is 6.84. The lowest BCUT2D eigenvalue weighted by atomic mass is 9.87. The molecule has 1 heterocycles. The summed E-state index contributed by atoms with van der Waals surface area (Å²) in [5, 5.41) is 18.0. The number of hydrogen-bond donors (Lipinski definition) is 2. The topological polar surface area (TPSA) is 70.0 Å². The molecule has 0 aromatic carbocycles. The average molecular weight is 217 g/mol. The van der Waals surface area contributed by atoms with Gasteiger partial charge in [-0.2, -0.15) is 0 Å². The molecule has 0 aromatic rings. The Morgan fingerprint density at radius 3 is 2.47 bits per heavy atom. The first-order valence-corrected chi connectivity index (χ1v) is 5.08. The smallest absolute Gasteiger partial charge is 0.407 e. The Labute approximate surface area is 89.6 Å². The van der Waals surface area contributed by atoms with Crippen molar-refractivity contribution in [1.29, 1.82) is 0 Å². The van der Waals surface area contributed by atoms with Crippen molar-refractivity contribution in [3.8, 4) is 0 Å². The van der Waals surface area contributed by atoms with Gasteiger partial charge in [0.2, 0.25) is 0 Å². The normalized spacial score (nSPS) is 27.9. The number of morpholine rings is 1. The van der Waals surface area contributed by atoms with Gasteiger partial charge in [0, 0.05) is 0 Å². The molecule has 0 spiro atoms. The zero-order valence-corrected chi connectivity index (χ0v) is 9.43. The first kappa shape index (κ1) is 12.3. The van der Waals surface area contributed by atoms with Crippen molar-refractivity contribution < 1.29 is 19.7 Å². The van der Waals surface area contributed by atoms with Crippen LogP contribution in [0, 0.1) is 5.41 Å². The summed E-state index contributed by atoms with van der Waals surface area (Å²) < 4.78 is 5.63. The number of aliphatic hydroxyl groups excluding tert-OH is 1. The van der Waals surface area contributed by atoms with Crippen LogP contribution in [0.4, 0.5) is 4.79 Å². The lowest BCUT2D eigenvalue weighted by Crippen LogP contribution is -2.54. The number of carboxylic acid groups (broad SMARTS) is 1. The summed E-state index contributed by atoms with van der Waals surface area (Å²) in [6.45, 7) is 6.47. The molecule has 0 radical (unpaired) electrons. The van der Waals surface area contributed by atoms with E-state index in [2.05, 4.69) is 0 Å². The molecule has 0 bridgehead atoms. The molecule has 0 aromatic heterocycles. The fraction of sp³-hybridized carbons (Fsp3) is 0.900. The van der Waals surface area contributed by atoms with Gasteiger partial charge in [-0.25, -0.2) is 4.79 Å². The van der Waals surface area contributed by atoms with E-state index in [1.807, 2.05) is 20.8 Å². The van der Waals surface area contributed by atoms with Crippen LogP contribution < -0.4 is 0 Å². The highest BCUT2D eigenvalue weighted by Crippen LogP contribution is 2.27. The monoisotopic (exact) mass is 217 g/mol. The summed E-state index contributed by atoms with van der Waals surface area (Å²) in [6.07, 6.45) is -1.52. The molecule has 1 saturated heterocycles. The van der Waals surface area contributed by atoms with Gasteiger partial charge < -0.3 is 19.8 Å². The van der Waals surface area contributed by atoms with E-state index in [0.29, 0.717) is 6.54 Å². The predicted octanol–water partition coefficient (Wildman–Crippen LogP) is 0.772. The van der Waals surface area contributed by atoms with Gasteiger partial charge in [0.1, 0.15) is 0 Å². The van der Waals surface area contributed by atoms with Crippen molar-refractivity contribution in [3.63, 3.8) is 0 Å². The highest BCUT2D eigenvalue weighted by Gasteiger charge is 2.36. The second kappa shape index (κ2) is 4.37. The molecule has 1 aliphatic heterocycles. The molecule has 88 valence electrons. The molecule has 2 atom stereocenters. The van der Waals surface area contributed by atoms with Crippen LogP contribution in [0.5, 0.6) is 0 Å². The number of nitrogens with zero attached hydrogens (tertiary/aromatic N) is 1. The Balaban J connectivity index is 2.71. The largest absolute Gasteiger partial charge is 0.465 e. The molecule has 1 fully saturated rings. The standard InChI is InChI=1S/C10H19NO4/c1-10(2,3)8-5-11(9(13)14)4-7(6-12)15-8/h7-8,12H,4-6H2,1-3H3,(H,13,14)/t7-,8-/m0/s1. The molecule has 5 heteroatoms. The first-order valence-electron chi connectivity index (χ1n) is 5.08. The summed E-state index contributed by atoms with van der Waals surface area (Å²) in [5.74, 6) is 0. The Morgan fingerprint density at radius 2 is 2.07 bits per heavy atom. The van der Waals surface area contributed by atoms with Gasteiger partial charge in [-0.05, 0) is 5.41 Å². The SMILES string of the molecule is CC(C)(C)[C@@H]1CN(C(=O)O)C[C@@H](CO)O1. The van der Waals surface area contributed by atoms with Gasteiger partial charge >= 0.3 is 6.09 Å². The summed E-state index contributed by atoms with van der Waals surface area (Å²) in [6, 6.07) is 0. The lowest BCUT2D eigenvalue weighted by Gasteiger charge is -2.41.